The molecule has 6 heteroatoms. The van der Waals surface area contributed by atoms with Crippen LogP contribution >= 0.6 is 24.0 Å². The van der Waals surface area contributed by atoms with Gasteiger partial charge in [-0.15, -0.1) is 12.4 Å². The number of rotatable bonds is 3. The van der Waals surface area contributed by atoms with Crippen LogP contribution in [0.2, 0.25) is 5.02 Å². The molecule has 0 radical (unpaired) electrons. The van der Waals surface area contributed by atoms with Crippen molar-refractivity contribution in [3.05, 3.63) is 52.3 Å². The maximum atomic E-state index is 12.8. The smallest absolute Gasteiger partial charge is 0.255 e. The van der Waals surface area contributed by atoms with Crippen LogP contribution in [0.3, 0.4) is 0 Å². The van der Waals surface area contributed by atoms with E-state index in [0.29, 0.717) is 17.5 Å². The first kappa shape index (κ1) is 18.8. The molecule has 24 heavy (non-hydrogen) atoms. The van der Waals surface area contributed by atoms with Crippen LogP contribution in [0.4, 0.5) is 0 Å². The highest BCUT2D eigenvalue weighted by molar-refractivity contribution is 6.30. The first-order valence-electron chi connectivity index (χ1n) is 7.95. The van der Waals surface area contributed by atoms with Gasteiger partial charge < -0.3 is 15.2 Å². The average Bonchev–Trinajstić information content (AvgIpc) is 3.13. The number of halogens is 2. The second-order valence-electron chi connectivity index (χ2n) is 6.24. The van der Waals surface area contributed by atoms with Crippen molar-refractivity contribution in [2.45, 2.75) is 20.3 Å². The summed E-state index contributed by atoms with van der Waals surface area (Å²) in [5.41, 5.74) is 9.53. The lowest BCUT2D eigenvalue weighted by atomic mass is 10.1. The molecule has 1 atom stereocenters. The van der Waals surface area contributed by atoms with Crippen molar-refractivity contribution < 1.29 is 4.79 Å². The fourth-order valence-electron chi connectivity index (χ4n) is 3.35. The van der Waals surface area contributed by atoms with Crippen LogP contribution in [0.15, 0.2) is 30.3 Å². The van der Waals surface area contributed by atoms with E-state index in [1.165, 1.54) is 0 Å². The minimum absolute atomic E-state index is 0. The summed E-state index contributed by atoms with van der Waals surface area (Å²) in [7, 11) is 0. The molecule has 3 rings (SSSR count). The molecule has 0 aliphatic carbocycles. The van der Waals surface area contributed by atoms with Crippen molar-refractivity contribution in [3.63, 3.8) is 0 Å². The van der Waals surface area contributed by atoms with Crippen LogP contribution < -0.4 is 5.73 Å². The minimum Gasteiger partial charge on any atom is -0.338 e. The minimum atomic E-state index is 0. The van der Waals surface area contributed by atoms with Crippen molar-refractivity contribution >= 4 is 29.9 Å². The molecule has 1 aliphatic rings. The normalized spacial score (nSPS) is 17.0. The number of carbonyl (C=O) groups is 1. The molecule has 2 heterocycles. The Kier molecular flexibility index (Phi) is 5.97. The van der Waals surface area contributed by atoms with E-state index in [1.807, 2.05) is 49.1 Å². The van der Waals surface area contributed by atoms with Gasteiger partial charge in [-0.1, -0.05) is 11.6 Å². The standard InChI is InChI=1S/C18H22ClN3O.ClH/c1-12-9-17(18(23)21-8-7-14(10-20)11-21)13(2)22(12)16-5-3-15(19)4-6-16;/h3-6,9,14H,7-8,10-11,20H2,1-2H3;1H. The third-order valence-corrected chi connectivity index (χ3v) is 4.90. The summed E-state index contributed by atoms with van der Waals surface area (Å²) < 4.78 is 2.10. The quantitative estimate of drug-likeness (QED) is 0.900. The molecule has 130 valence electrons. The maximum absolute atomic E-state index is 12.8. The molecule has 0 spiro atoms. The Morgan fingerprint density at radius 1 is 1.29 bits per heavy atom. The molecule has 1 saturated heterocycles. The second kappa shape index (κ2) is 7.60. The lowest BCUT2D eigenvalue weighted by Gasteiger charge is -2.16. The van der Waals surface area contributed by atoms with Gasteiger partial charge in [0.2, 0.25) is 0 Å². The molecule has 1 amide bonds. The number of likely N-dealkylation sites (tertiary alicyclic amines) is 1. The predicted molar refractivity (Wildman–Crippen MR) is 101 cm³/mol. The summed E-state index contributed by atoms with van der Waals surface area (Å²) in [5.74, 6) is 0.535. The predicted octanol–water partition coefficient (Wildman–Crippen LogP) is 3.59. The van der Waals surface area contributed by atoms with E-state index in [1.54, 1.807) is 0 Å². The zero-order valence-electron chi connectivity index (χ0n) is 14.0. The van der Waals surface area contributed by atoms with Gasteiger partial charge in [-0.25, -0.2) is 0 Å². The van der Waals surface area contributed by atoms with E-state index in [4.69, 9.17) is 17.3 Å². The van der Waals surface area contributed by atoms with Crippen molar-refractivity contribution in [3.8, 4) is 5.69 Å². The molecule has 2 N–H and O–H groups in total. The van der Waals surface area contributed by atoms with Gasteiger partial charge in [0.05, 0.1) is 5.56 Å². The Morgan fingerprint density at radius 2 is 1.96 bits per heavy atom. The number of hydrogen-bond donors (Lipinski definition) is 1. The maximum Gasteiger partial charge on any atom is 0.255 e. The Morgan fingerprint density at radius 3 is 2.54 bits per heavy atom. The van der Waals surface area contributed by atoms with Gasteiger partial charge >= 0.3 is 0 Å². The number of benzene rings is 1. The van der Waals surface area contributed by atoms with Crippen LogP contribution in [0.25, 0.3) is 5.69 Å². The zero-order valence-corrected chi connectivity index (χ0v) is 15.5. The van der Waals surface area contributed by atoms with E-state index in [9.17, 15) is 4.79 Å². The third kappa shape index (κ3) is 3.46. The molecular formula is C18H23Cl2N3O. The Hall–Kier alpha value is -1.49. The fraction of sp³-hybridized carbons (Fsp3) is 0.389. The molecule has 1 fully saturated rings. The highest BCUT2D eigenvalue weighted by atomic mass is 35.5. The van der Waals surface area contributed by atoms with E-state index in [2.05, 4.69) is 4.57 Å². The van der Waals surface area contributed by atoms with Crippen LogP contribution in [0, 0.1) is 19.8 Å². The summed E-state index contributed by atoms with van der Waals surface area (Å²) in [6.45, 7) is 6.22. The van der Waals surface area contributed by atoms with Crippen LogP contribution in [-0.4, -0.2) is 35.0 Å². The number of nitrogens with zero attached hydrogens (tertiary/aromatic N) is 2. The molecule has 1 unspecified atom stereocenters. The van der Waals surface area contributed by atoms with Crippen LogP contribution in [0.1, 0.15) is 28.2 Å². The van der Waals surface area contributed by atoms with Gasteiger partial charge in [-0.05, 0) is 63.1 Å². The Balaban J connectivity index is 0.00000208. The fourth-order valence-corrected chi connectivity index (χ4v) is 3.47. The van der Waals surface area contributed by atoms with Gasteiger partial charge in [0.1, 0.15) is 0 Å². The molecule has 0 bridgehead atoms. The lowest BCUT2D eigenvalue weighted by Crippen LogP contribution is -2.30. The van der Waals surface area contributed by atoms with Gasteiger partial charge in [0.15, 0.2) is 0 Å². The number of hydrogen-bond acceptors (Lipinski definition) is 2. The molecule has 2 aromatic rings. The molecule has 4 nitrogen and oxygen atoms in total. The highest BCUT2D eigenvalue weighted by Gasteiger charge is 2.28. The number of aromatic nitrogens is 1. The second-order valence-corrected chi connectivity index (χ2v) is 6.67. The summed E-state index contributed by atoms with van der Waals surface area (Å²) in [6.07, 6.45) is 0.998. The van der Waals surface area contributed by atoms with Gasteiger partial charge in [0.25, 0.3) is 5.91 Å². The van der Waals surface area contributed by atoms with Crippen molar-refractivity contribution in [1.82, 2.24) is 9.47 Å². The Bertz CT molecular complexity index is 725. The van der Waals surface area contributed by atoms with E-state index in [0.717, 1.165) is 42.1 Å². The number of nitrogens with two attached hydrogens (primary N) is 1. The van der Waals surface area contributed by atoms with Gasteiger partial charge in [-0.2, -0.15) is 0 Å². The first-order chi connectivity index (χ1) is 11.0. The number of amides is 1. The van der Waals surface area contributed by atoms with Gasteiger partial charge in [0, 0.05) is 35.2 Å². The summed E-state index contributed by atoms with van der Waals surface area (Å²) in [4.78, 5) is 14.8. The third-order valence-electron chi connectivity index (χ3n) is 4.65. The van der Waals surface area contributed by atoms with Crippen molar-refractivity contribution in [2.24, 2.45) is 11.7 Å². The largest absolute Gasteiger partial charge is 0.338 e. The average molecular weight is 368 g/mol. The molecular weight excluding hydrogens is 345 g/mol. The molecule has 0 saturated carbocycles. The molecule has 1 aliphatic heterocycles. The van der Waals surface area contributed by atoms with Crippen LogP contribution in [-0.2, 0) is 0 Å². The van der Waals surface area contributed by atoms with E-state index in [-0.39, 0.29) is 18.3 Å². The monoisotopic (exact) mass is 367 g/mol. The topological polar surface area (TPSA) is 51.3 Å². The Labute approximate surface area is 154 Å². The molecule has 1 aromatic heterocycles. The lowest BCUT2D eigenvalue weighted by molar-refractivity contribution is 0.0787. The summed E-state index contributed by atoms with van der Waals surface area (Å²) in [6, 6.07) is 9.64. The number of aryl methyl sites for hydroxylation is 1. The first-order valence-corrected chi connectivity index (χ1v) is 8.33. The molecule has 1 aromatic carbocycles. The highest BCUT2D eigenvalue weighted by Crippen LogP contribution is 2.25. The zero-order chi connectivity index (χ0) is 16.6. The van der Waals surface area contributed by atoms with Crippen molar-refractivity contribution in [1.29, 1.82) is 0 Å². The van der Waals surface area contributed by atoms with E-state index >= 15 is 0 Å². The van der Waals surface area contributed by atoms with Gasteiger partial charge in [-0.3, -0.25) is 4.79 Å². The summed E-state index contributed by atoms with van der Waals surface area (Å²) in [5, 5.41) is 0.706. The SMILES string of the molecule is Cc1cc(C(=O)N2CCC(CN)C2)c(C)n1-c1ccc(Cl)cc1.Cl. The number of carbonyl (C=O) groups excluding carboxylic acids is 1. The van der Waals surface area contributed by atoms with Crippen LogP contribution in [0.5, 0.6) is 0 Å². The summed E-state index contributed by atoms with van der Waals surface area (Å²) >= 11 is 5.97. The van der Waals surface area contributed by atoms with E-state index < -0.39 is 0 Å². The van der Waals surface area contributed by atoms with Crippen molar-refractivity contribution in [2.75, 3.05) is 19.6 Å².